The first-order valence-corrected chi connectivity index (χ1v) is 8.71. The minimum atomic E-state index is -0.757. The predicted octanol–water partition coefficient (Wildman–Crippen LogP) is 4.46. The summed E-state index contributed by atoms with van der Waals surface area (Å²) in [4.78, 5) is 40.1. The molecule has 2 radical (unpaired) electrons. The molecule has 0 atom stereocenters. The normalized spacial score (nSPS) is 10.5. The fraction of sp³-hybridized carbons (Fsp3) is 0.800. The molecule has 0 aliphatic rings. The average Bonchev–Trinajstić information content (AvgIpc) is 2.35. The Morgan fingerprint density at radius 2 is 0.400 bits per heavy atom. The van der Waals surface area contributed by atoms with Crippen molar-refractivity contribution in [2.75, 3.05) is 0 Å². The van der Waals surface area contributed by atoms with E-state index in [1.807, 2.05) is 0 Å². The number of rotatable bonds is 0. The molecule has 0 saturated heterocycles. The number of carboxylic acid groups (broad SMARTS) is 4. The van der Waals surface area contributed by atoms with Crippen molar-refractivity contribution in [2.45, 2.75) is 83.1 Å². The zero-order valence-corrected chi connectivity index (χ0v) is 21.9. The summed E-state index contributed by atoms with van der Waals surface area (Å²) >= 11 is 0. The molecule has 0 aliphatic carbocycles. The van der Waals surface area contributed by atoms with Crippen molar-refractivity contribution in [1.29, 1.82) is 0 Å². The summed E-state index contributed by atoms with van der Waals surface area (Å²) in [7, 11) is 0. The van der Waals surface area contributed by atoms with Crippen molar-refractivity contribution in [3.63, 3.8) is 0 Å². The van der Waals surface area contributed by atoms with Crippen LogP contribution in [0.2, 0.25) is 0 Å². The van der Waals surface area contributed by atoms with E-state index in [2.05, 4.69) is 0 Å². The van der Waals surface area contributed by atoms with Gasteiger partial charge in [0.1, 0.15) is 0 Å². The second-order valence-electron chi connectivity index (χ2n) is 10.2. The van der Waals surface area contributed by atoms with E-state index >= 15 is 0 Å². The molecule has 190 valence electrons. The molecule has 0 aliphatic heterocycles. The zero-order valence-electron chi connectivity index (χ0n) is 20.0. The molecule has 0 unspecified atom stereocenters. The van der Waals surface area contributed by atoms with Gasteiger partial charge in [-0.05, 0) is 83.1 Å². The molecule has 0 spiro atoms. The van der Waals surface area contributed by atoms with E-state index in [-0.39, 0.29) is 34.1 Å². The van der Waals surface area contributed by atoms with E-state index < -0.39 is 45.5 Å². The minimum Gasteiger partial charge on any atom is -0.481 e. The minimum absolute atomic E-state index is 0. The van der Waals surface area contributed by atoms with Gasteiger partial charge in [0.25, 0.3) is 0 Å². The van der Waals surface area contributed by atoms with Crippen molar-refractivity contribution in [2.24, 2.45) is 21.7 Å². The maximum atomic E-state index is 10.0. The van der Waals surface area contributed by atoms with Gasteiger partial charge in [-0.1, -0.05) is 0 Å². The van der Waals surface area contributed by atoms with Gasteiger partial charge >= 0.3 is 23.9 Å². The van der Waals surface area contributed by atoms with E-state index in [1.54, 1.807) is 83.1 Å². The predicted molar refractivity (Wildman–Crippen MR) is 108 cm³/mol. The number of hydrogen-bond acceptors (Lipinski definition) is 4. The molecule has 0 saturated carbocycles. The number of hydrogen-bond donors (Lipinski definition) is 4. The van der Waals surface area contributed by atoms with Crippen LogP contribution in [0.3, 0.4) is 0 Å². The maximum absolute atomic E-state index is 10.0. The fourth-order valence-corrected chi connectivity index (χ4v) is 0. The van der Waals surface area contributed by atoms with E-state index in [4.69, 9.17) is 20.4 Å². The first-order chi connectivity index (χ1) is 11.8. The van der Waals surface area contributed by atoms with Crippen LogP contribution in [-0.2, 0) is 53.3 Å². The fourth-order valence-electron chi connectivity index (χ4n) is 0. The smallest absolute Gasteiger partial charge is 0.308 e. The van der Waals surface area contributed by atoms with Crippen LogP contribution >= 0.6 is 0 Å². The monoisotopic (exact) mass is 534 g/mol. The van der Waals surface area contributed by atoms with Gasteiger partial charge in [-0.15, -0.1) is 0 Å². The Hall–Kier alpha value is -1.08. The van der Waals surface area contributed by atoms with Crippen LogP contribution in [0.5, 0.6) is 0 Å². The second-order valence-corrected chi connectivity index (χ2v) is 10.2. The van der Waals surface area contributed by atoms with E-state index in [9.17, 15) is 19.2 Å². The second kappa shape index (κ2) is 16.6. The van der Waals surface area contributed by atoms with Gasteiger partial charge in [-0.25, -0.2) is 0 Å². The summed E-state index contributed by atoms with van der Waals surface area (Å²) < 4.78 is 0. The van der Waals surface area contributed by atoms with Crippen LogP contribution in [-0.4, -0.2) is 44.3 Å². The van der Waals surface area contributed by atoms with Gasteiger partial charge in [0.05, 0.1) is 21.7 Å². The Morgan fingerprint density at radius 1 is 0.367 bits per heavy atom. The van der Waals surface area contributed by atoms with Crippen LogP contribution in [0, 0.1) is 21.7 Å². The van der Waals surface area contributed by atoms with Gasteiger partial charge in [0.2, 0.25) is 0 Å². The molecule has 30 heavy (non-hydrogen) atoms. The largest absolute Gasteiger partial charge is 0.481 e. The van der Waals surface area contributed by atoms with Crippen LogP contribution < -0.4 is 0 Å². The van der Waals surface area contributed by atoms with Gasteiger partial charge < -0.3 is 20.4 Å². The summed E-state index contributed by atoms with van der Waals surface area (Å²) in [5, 5.41) is 33.0. The van der Waals surface area contributed by atoms with E-state index in [1.165, 1.54) is 0 Å². The van der Waals surface area contributed by atoms with Crippen LogP contribution in [0.25, 0.3) is 0 Å². The van der Waals surface area contributed by atoms with Crippen molar-refractivity contribution >= 4 is 23.9 Å². The SMILES string of the molecule is CC(C)(C)C(=O)O.CC(C)(C)C(=O)O.CC(C)(C)C(=O)O.CC(C)(C)C(=O)O.[Cu].[Cu]. The summed E-state index contributed by atoms with van der Waals surface area (Å²) in [5.74, 6) is -3.03. The third kappa shape index (κ3) is 34.4. The molecule has 10 heteroatoms. The van der Waals surface area contributed by atoms with Crippen molar-refractivity contribution < 1.29 is 73.7 Å². The summed E-state index contributed by atoms with van der Waals surface area (Å²) in [6.07, 6.45) is 0. The quantitative estimate of drug-likeness (QED) is 0.332. The Balaban J connectivity index is -0.0000000626. The molecule has 0 aromatic rings. The molecule has 0 aromatic carbocycles. The van der Waals surface area contributed by atoms with Crippen molar-refractivity contribution in [1.82, 2.24) is 0 Å². The van der Waals surface area contributed by atoms with Crippen LogP contribution in [0.15, 0.2) is 0 Å². The van der Waals surface area contributed by atoms with Gasteiger partial charge in [0, 0.05) is 34.1 Å². The average molecular weight is 536 g/mol. The number of aliphatic carboxylic acids is 4. The van der Waals surface area contributed by atoms with Crippen LogP contribution in [0.4, 0.5) is 0 Å². The van der Waals surface area contributed by atoms with Crippen LogP contribution in [0.1, 0.15) is 83.1 Å². The Morgan fingerprint density at radius 3 is 0.400 bits per heavy atom. The molecular formula is C20H40Cu2O8. The molecule has 0 amide bonds. The Kier molecular flexibility index (Phi) is 23.7. The number of carboxylic acids is 4. The summed E-state index contributed by atoms with van der Waals surface area (Å²) in [6.45, 7) is 19.9. The molecule has 0 rings (SSSR count). The van der Waals surface area contributed by atoms with E-state index in [0.717, 1.165) is 0 Å². The maximum Gasteiger partial charge on any atom is 0.308 e. The first kappa shape index (κ1) is 42.9. The summed E-state index contributed by atoms with van der Waals surface area (Å²) in [6, 6.07) is 0. The zero-order chi connectivity index (χ0) is 24.3. The Bertz CT molecular complexity index is 421. The molecule has 8 nitrogen and oxygen atoms in total. The molecule has 0 aromatic heterocycles. The standard InChI is InChI=1S/4C5H10O2.2Cu/c4*1-5(2,3)4(6)7;;/h4*1-3H3,(H,6,7);;. The molecule has 0 heterocycles. The Labute approximate surface area is 202 Å². The molecule has 0 fully saturated rings. The molecule has 0 bridgehead atoms. The van der Waals surface area contributed by atoms with Gasteiger partial charge in [0.15, 0.2) is 0 Å². The summed E-state index contributed by atoms with van der Waals surface area (Å²) in [5.41, 5.74) is -2.33. The topological polar surface area (TPSA) is 149 Å². The molecular weight excluding hydrogens is 495 g/mol. The first-order valence-electron chi connectivity index (χ1n) is 8.71. The van der Waals surface area contributed by atoms with E-state index in [0.29, 0.717) is 0 Å². The van der Waals surface area contributed by atoms with Crippen molar-refractivity contribution in [3.05, 3.63) is 0 Å². The number of carbonyl (C=O) groups is 4. The van der Waals surface area contributed by atoms with Gasteiger partial charge in [-0.2, -0.15) is 0 Å². The van der Waals surface area contributed by atoms with Gasteiger partial charge in [-0.3, -0.25) is 19.2 Å². The molecule has 4 N–H and O–H groups in total. The third-order valence-electron chi connectivity index (χ3n) is 2.57. The third-order valence-corrected chi connectivity index (χ3v) is 2.57. The van der Waals surface area contributed by atoms with Crippen molar-refractivity contribution in [3.8, 4) is 0 Å².